The normalized spacial score (nSPS) is 12.0. The van der Waals surface area contributed by atoms with Crippen molar-refractivity contribution in [3.63, 3.8) is 0 Å². The van der Waals surface area contributed by atoms with E-state index >= 15 is 0 Å². The molecule has 4 heterocycles. The Balaban J connectivity index is 1.11. The summed E-state index contributed by atoms with van der Waals surface area (Å²) in [6, 6.07) is 64.2. The number of hydrogen-bond donors (Lipinski definition) is 0. The molecule has 0 fully saturated rings. The van der Waals surface area contributed by atoms with Crippen molar-refractivity contribution in [1.29, 1.82) is 0 Å². The minimum atomic E-state index is 0.629. The maximum absolute atomic E-state index is 6.33. The molecule has 5 nitrogen and oxygen atoms in total. The number of nitrogens with zero attached hydrogens (tertiary/aromatic N) is 4. The number of furan rings is 1. The highest BCUT2D eigenvalue weighted by molar-refractivity contribution is 6.28. The van der Waals surface area contributed by atoms with Gasteiger partial charge in [0, 0.05) is 49.0 Å². The first-order valence-corrected chi connectivity index (χ1v) is 18.6. The van der Waals surface area contributed by atoms with Gasteiger partial charge in [0.05, 0.1) is 33.3 Å². The second kappa shape index (κ2) is 11.5. The maximum atomic E-state index is 6.33. The molecule has 256 valence electrons. The van der Waals surface area contributed by atoms with E-state index in [2.05, 4.69) is 173 Å². The fourth-order valence-electron chi connectivity index (χ4n) is 8.70. The molecule has 0 N–H and O–H groups in total. The molecular formula is C50H30N4O. The fraction of sp³-hybridized carbons (Fsp3) is 0. The van der Waals surface area contributed by atoms with Gasteiger partial charge in [-0.05, 0) is 71.8 Å². The van der Waals surface area contributed by atoms with Crippen LogP contribution in [-0.4, -0.2) is 19.1 Å². The third kappa shape index (κ3) is 4.41. The Morgan fingerprint density at radius 2 is 0.927 bits per heavy atom. The Labute approximate surface area is 315 Å². The second-order valence-corrected chi connectivity index (χ2v) is 14.2. The van der Waals surface area contributed by atoms with E-state index in [-0.39, 0.29) is 0 Å². The molecule has 0 amide bonds. The van der Waals surface area contributed by atoms with Gasteiger partial charge in [0.25, 0.3) is 0 Å². The third-order valence-electron chi connectivity index (χ3n) is 11.1. The van der Waals surface area contributed by atoms with E-state index in [0.29, 0.717) is 5.95 Å². The van der Waals surface area contributed by atoms with Crippen LogP contribution in [0.3, 0.4) is 0 Å². The molecule has 0 aliphatic rings. The summed E-state index contributed by atoms with van der Waals surface area (Å²) in [6.45, 7) is 0. The van der Waals surface area contributed by atoms with Gasteiger partial charge in [0.15, 0.2) is 0 Å². The topological polar surface area (TPSA) is 48.8 Å². The summed E-state index contributed by atoms with van der Waals surface area (Å²) in [5, 5.41) is 7.96. The van der Waals surface area contributed by atoms with Gasteiger partial charge in [-0.1, -0.05) is 121 Å². The van der Waals surface area contributed by atoms with Gasteiger partial charge in [-0.3, -0.25) is 4.57 Å². The largest absolute Gasteiger partial charge is 0.456 e. The van der Waals surface area contributed by atoms with Crippen LogP contribution in [0.4, 0.5) is 0 Å². The molecular weight excluding hydrogens is 673 g/mol. The van der Waals surface area contributed by atoms with Crippen molar-refractivity contribution in [3.05, 3.63) is 182 Å². The van der Waals surface area contributed by atoms with Gasteiger partial charge in [-0.25, -0.2) is 9.97 Å². The van der Waals surface area contributed by atoms with Gasteiger partial charge in [0.2, 0.25) is 5.95 Å². The Bertz CT molecular complexity index is 3480. The summed E-state index contributed by atoms with van der Waals surface area (Å²) in [6.07, 6.45) is 0. The van der Waals surface area contributed by atoms with Crippen molar-refractivity contribution < 1.29 is 4.42 Å². The predicted molar refractivity (Wildman–Crippen MR) is 226 cm³/mol. The maximum Gasteiger partial charge on any atom is 0.235 e. The number of rotatable bonds is 4. The van der Waals surface area contributed by atoms with E-state index < -0.39 is 0 Å². The summed E-state index contributed by atoms with van der Waals surface area (Å²) >= 11 is 0. The zero-order valence-corrected chi connectivity index (χ0v) is 29.5. The summed E-state index contributed by atoms with van der Waals surface area (Å²) in [7, 11) is 0. The lowest BCUT2D eigenvalue weighted by Crippen LogP contribution is -2.03. The first kappa shape index (κ1) is 30.0. The molecule has 0 saturated heterocycles. The molecule has 0 aliphatic heterocycles. The van der Waals surface area contributed by atoms with E-state index in [1.807, 2.05) is 18.2 Å². The number of benzene rings is 8. The zero-order chi connectivity index (χ0) is 36.0. The highest BCUT2D eigenvalue weighted by atomic mass is 16.3. The van der Waals surface area contributed by atoms with Crippen LogP contribution < -0.4 is 0 Å². The van der Waals surface area contributed by atoms with Gasteiger partial charge in [-0.2, -0.15) is 0 Å². The zero-order valence-electron chi connectivity index (χ0n) is 29.5. The van der Waals surface area contributed by atoms with Crippen LogP contribution in [0.5, 0.6) is 0 Å². The summed E-state index contributed by atoms with van der Waals surface area (Å²) in [5.74, 6) is 0.629. The van der Waals surface area contributed by atoms with Crippen LogP contribution in [0.2, 0.25) is 0 Å². The van der Waals surface area contributed by atoms with Crippen molar-refractivity contribution in [2.24, 2.45) is 0 Å². The standard InChI is InChI=1S/C50H30N4O/c1-2-12-31(13-3-1)32-22-25-34(26-23-32)53-41-19-9-5-16-38(41)47-43(53)28-29-44-48(47)39-17-6-10-20-42(39)54(44)50-51-40-18-8-4-15-37(40)49(52-50)33-24-27-36-35-14-7-11-21-45(35)55-46(36)30-33/h1-30H. The summed E-state index contributed by atoms with van der Waals surface area (Å²) in [4.78, 5) is 10.7. The average molecular weight is 703 g/mol. The Morgan fingerprint density at radius 1 is 0.364 bits per heavy atom. The van der Waals surface area contributed by atoms with E-state index in [1.165, 1.54) is 32.8 Å². The molecule has 0 atom stereocenters. The van der Waals surface area contributed by atoms with Crippen LogP contribution >= 0.6 is 0 Å². The quantitative estimate of drug-likeness (QED) is 0.183. The Morgan fingerprint density at radius 3 is 1.69 bits per heavy atom. The van der Waals surface area contributed by atoms with Crippen molar-refractivity contribution in [1.82, 2.24) is 19.1 Å². The molecule has 0 spiro atoms. The number of hydrogen-bond acceptors (Lipinski definition) is 3. The third-order valence-corrected chi connectivity index (χ3v) is 11.1. The van der Waals surface area contributed by atoms with Gasteiger partial charge in [-0.15, -0.1) is 0 Å². The van der Waals surface area contributed by atoms with Crippen LogP contribution in [0, 0.1) is 0 Å². The molecule has 12 aromatic rings. The average Bonchev–Trinajstić information content (AvgIpc) is 3.91. The Kier molecular flexibility index (Phi) is 6.27. The van der Waals surface area contributed by atoms with Crippen LogP contribution in [0.1, 0.15) is 0 Å². The highest BCUT2D eigenvalue weighted by Crippen LogP contribution is 2.43. The van der Waals surface area contributed by atoms with E-state index in [0.717, 1.165) is 71.7 Å². The second-order valence-electron chi connectivity index (χ2n) is 14.2. The fourth-order valence-corrected chi connectivity index (χ4v) is 8.70. The first-order chi connectivity index (χ1) is 27.3. The smallest absolute Gasteiger partial charge is 0.235 e. The van der Waals surface area contributed by atoms with E-state index in [9.17, 15) is 0 Å². The monoisotopic (exact) mass is 702 g/mol. The Hall–Kier alpha value is -7.50. The summed E-state index contributed by atoms with van der Waals surface area (Å²) in [5.41, 5.74) is 12.4. The number of para-hydroxylation sites is 4. The highest BCUT2D eigenvalue weighted by Gasteiger charge is 2.22. The predicted octanol–water partition coefficient (Wildman–Crippen LogP) is 13.1. The molecule has 8 aromatic carbocycles. The summed E-state index contributed by atoms with van der Waals surface area (Å²) < 4.78 is 11.0. The molecule has 0 aliphatic carbocycles. The van der Waals surface area contributed by atoms with Crippen molar-refractivity contribution in [2.75, 3.05) is 0 Å². The molecule has 0 unspecified atom stereocenters. The van der Waals surface area contributed by atoms with Gasteiger partial charge >= 0.3 is 0 Å². The van der Waals surface area contributed by atoms with E-state index in [1.54, 1.807) is 0 Å². The van der Waals surface area contributed by atoms with Crippen molar-refractivity contribution in [3.8, 4) is 34.0 Å². The lowest BCUT2D eigenvalue weighted by molar-refractivity contribution is 0.669. The molecule has 0 bridgehead atoms. The van der Waals surface area contributed by atoms with Gasteiger partial charge < -0.3 is 8.98 Å². The molecule has 0 saturated carbocycles. The van der Waals surface area contributed by atoms with Crippen LogP contribution in [0.15, 0.2) is 186 Å². The van der Waals surface area contributed by atoms with Crippen molar-refractivity contribution >= 4 is 76.5 Å². The van der Waals surface area contributed by atoms with E-state index in [4.69, 9.17) is 14.4 Å². The van der Waals surface area contributed by atoms with Crippen molar-refractivity contribution in [2.45, 2.75) is 0 Å². The molecule has 0 radical (unpaired) electrons. The molecule has 55 heavy (non-hydrogen) atoms. The minimum Gasteiger partial charge on any atom is -0.456 e. The van der Waals surface area contributed by atoms with Crippen LogP contribution in [0.25, 0.3) is 110 Å². The lowest BCUT2D eigenvalue weighted by atomic mass is 10.0. The first-order valence-electron chi connectivity index (χ1n) is 18.6. The van der Waals surface area contributed by atoms with Crippen LogP contribution in [-0.2, 0) is 0 Å². The molecule has 4 aromatic heterocycles. The lowest BCUT2D eigenvalue weighted by Gasteiger charge is -2.12. The van der Waals surface area contributed by atoms with Gasteiger partial charge in [0.1, 0.15) is 11.2 Å². The SMILES string of the molecule is c1ccc(-c2ccc(-n3c4ccccc4c4c5c6ccccc6n(-c6nc(-c7ccc8c(c7)oc7ccccc78)c7ccccc7n6)c5ccc43)cc2)cc1. The number of fused-ring (bicyclic) bond motifs is 11. The molecule has 12 rings (SSSR count). The number of aromatic nitrogens is 4. The minimum absolute atomic E-state index is 0.629. The molecule has 5 heteroatoms.